The summed E-state index contributed by atoms with van der Waals surface area (Å²) in [5.41, 5.74) is 13.2. The lowest BCUT2D eigenvalue weighted by molar-refractivity contribution is -0.147. The van der Waals surface area contributed by atoms with Gasteiger partial charge in [0.25, 0.3) is 0 Å². The topological polar surface area (TPSA) is 194 Å². The molecule has 0 spiro atoms. The maximum absolute atomic E-state index is 11.8. The molecule has 2 aromatic rings. The number of nitrogens with one attached hydrogen (secondary N) is 2. The quantitative estimate of drug-likeness (QED) is 0.258. The maximum atomic E-state index is 11.8. The number of aromatic nitrogens is 1. The Morgan fingerprint density at radius 2 is 2.06 bits per heavy atom. The number of hydrogen-bond acceptors (Lipinski definition) is 12. The number of halogens is 1. The number of nitrogens with zero attached hydrogens (tertiary/aromatic N) is 4. The van der Waals surface area contributed by atoms with Crippen molar-refractivity contribution in [2.45, 2.75) is 19.1 Å². The number of nitriles is 2. The molecule has 6 N–H and O–H groups in total. The van der Waals surface area contributed by atoms with Crippen LogP contribution in [0.4, 0.5) is 17.3 Å². The van der Waals surface area contributed by atoms with Crippen LogP contribution in [0.1, 0.15) is 29.7 Å². The van der Waals surface area contributed by atoms with Crippen LogP contribution in [-0.4, -0.2) is 37.2 Å². The van der Waals surface area contributed by atoms with Gasteiger partial charge in [0.05, 0.1) is 24.4 Å². The average Bonchev–Trinajstić information content (AvgIpc) is 2.79. The van der Waals surface area contributed by atoms with Crippen LogP contribution in [0.5, 0.6) is 11.5 Å². The first kappa shape index (κ1) is 23.4. The molecular formula is C20H19BrN8O4. The monoisotopic (exact) mass is 514 g/mol. The number of carbonyl (C=O) groups excluding carboxylic acids is 1. The van der Waals surface area contributed by atoms with Gasteiger partial charge in [-0.25, -0.2) is 14.8 Å². The van der Waals surface area contributed by atoms with E-state index in [1.54, 1.807) is 25.2 Å². The summed E-state index contributed by atoms with van der Waals surface area (Å²) >= 11 is 3.44. The first-order valence-electron chi connectivity index (χ1n) is 9.36. The number of aliphatic imine (C=N–C) groups is 1. The fourth-order valence-electron chi connectivity index (χ4n) is 3.22. The number of methoxy groups -OCH3 is 2. The molecule has 1 aromatic carbocycles. The molecule has 3 rings (SSSR count). The molecule has 1 aliphatic heterocycles. The van der Waals surface area contributed by atoms with Crippen molar-refractivity contribution < 1.29 is 19.0 Å². The molecule has 0 radical (unpaired) electrons. The molecule has 1 aliphatic rings. The molecule has 0 saturated carbocycles. The molecule has 0 amide bonds. The van der Waals surface area contributed by atoms with Crippen LogP contribution in [-0.2, 0) is 9.53 Å². The molecule has 170 valence electrons. The van der Waals surface area contributed by atoms with Gasteiger partial charge in [-0.05, 0) is 40.5 Å². The molecule has 13 heteroatoms. The Morgan fingerprint density at radius 3 is 2.67 bits per heavy atom. The maximum Gasteiger partial charge on any atom is 0.346 e. The van der Waals surface area contributed by atoms with Crippen LogP contribution >= 0.6 is 15.9 Å². The molecule has 0 fully saturated rings. The number of nitrogens with two attached hydrogens (primary N) is 2. The van der Waals surface area contributed by atoms with Gasteiger partial charge in [-0.3, -0.25) is 5.32 Å². The van der Waals surface area contributed by atoms with Gasteiger partial charge in [0, 0.05) is 5.56 Å². The standard InChI is InChI=1S/C20H19BrN8O4/c1-8(19(30)32-3)33-16-11(21)4-9(5-12(16)31-2)15-13-14(24)10(6-22)17(25)28-18(13)29-20(27-15)26-7-23/h4-5,8,15H,1-3H3,(H6,24,25,26,27,28,29). The molecule has 2 heterocycles. The number of rotatable bonds is 5. The summed E-state index contributed by atoms with van der Waals surface area (Å²) in [6.45, 7) is 1.54. The third-order valence-corrected chi connectivity index (χ3v) is 5.34. The van der Waals surface area contributed by atoms with E-state index in [1.165, 1.54) is 14.2 Å². The number of guanidine groups is 1. The fourth-order valence-corrected chi connectivity index (χ4v) is 3.78. The first-order valence-corrected chi connectivity index (χ1v) is 10.2. The minimum absolute atomic E-state index is 0.0188. The highest BCUT2D eigenvalue weighted by Crippen LogP contribution is 2.45. The zero-order chi connectivity index (χ0) is 24.3. The van der Waals surface area contributed by atoms with E-state index in [1.807, 2.05) is 6.07 Å². The van der Waals surface area contributed by atoms with E-state index in [0.717, 1.165) is 0 Å². The van der Waals surface area contributed by atoms with Crippen LogP contribution in [0, 0.1) is 22.8 Å². The summed E-state index contributed by atoms with van der Waals surface area (Å²) in [7, 11) is 2.70. The van der Waals surface area contributed by atoms with Gasteiger partial charge in [0.15, 0.2) is 23.8 Å². The third kappa shape index (κ3) is 4.40. The smallest absolute Gasteiger partial charge is 0.346 e. The van der Waals surface area contributed by atoms with Crippen molar-refractivity contribution in [2.75, 3.05) is 31.0 Å². The molecule has 0 aliphatic carbocycles. The van der Waals surface area contributed by atoms with Gasteiger partial charge < -0.3 is 31.0 Å². The molecule has 33 heavy (non-hydrogen) atoms. The van der Waals surface area contributed by atoms with Gasteiger partial charge in [-0.1, -0.05) is 0 Å². The zero-order valence-corrected chi connectivity index (χ0v) is 19.3. The van der Waals surface area contributed by atoms with Crippen LogP contribution < -0.4 is 31.6 Å². The van der Waals surface area contributed by atoms with E-state index in [2.05, 4.69) is 36.5 Å². The zero-order valence-electron chi connectivity index (χ0n) is 17.8. The molecule has 2 atom stereocenters. The first-order chi connectivity index (χ1) is 15.7. The van der Waals surface area contributed by atoms with E-state index in [4.69, 9.17) is 30.9 Å². The highest BCUT2D eigenvalue weighted by atomic mass is 79.9. The normalized spacial score (nSPS) is 15.0. The van der Waals surface area contributed by atoms with Crippen molar-refractivity contribution in [3.05, 3.63) is 33.3 Å². The highest BCUT2D eigenvalue weighted by molar-refractivity contribution is 9.10. The lowest BCUT2D eigenvalue weighted by atomic mass is 9.95. The molecular weight excluding hydrogens is 496 g/mol. The Hall–Kier alpha value is -4.23. The van der Waals surface area contributed by atoms with Gasteiger partial charge in [0.2, 0.25) is 5.96 Å². The molecule has 1 aromatic heterocycles. The Bertz CT molecular complexity index is 1230. The SMILES string of the molecule is COC(=O)C(C)Oc1c(Br)cc(C2N=C(NC#N)Nc3nc(N)c(C#N)c(N)c32)cc1OC. The summed E-state index contributed by atoms with van der Waals surface area (Å²) in [4.78, 5) is 20.5. The second kappa shape index (κ2) is 9.50. The number of anilines is 3. The lowest BCUT2D eigenvalue weighted by Gasteiger charge is -2.27. The van der Waals surface area contributed by atoms with Crippen LogP contribution in [0.25, 0.3) is 0 Å². The van der Waals surface area contributed by atoms with E-state index in [9.17, 15) is 10.1 Å². The number of hydrogen-bond donors (Lipinski definition) is 4. The second-order valence-electron chi connectivity index (χ2n) is 6.72. The van der Waals surface area contributed by atoms with Crippen molar-refractivity contribution >= 4 is 45.2 Å². The number of pyridine rings is 1. The Morgan fingerprint density at radius 1 is 1.33 bits per heavy atom. The van der Waals surface area contributed by atoms with Crippen molar-refractivity contribution in [3.8, 4) is 23.8 Å². The molecule has 0 bridgehead atoms. The van der Waals surface area contributed by atoms with Gasteiger partial charge >= 0.3 is 5.97 Å². The van der Waals surface area contributed by atoms with E-state index < -0.39 is 18.1 Å². The fraction of sp³-hybridized carbons (Fsp3) is 0.250. The number of carbonyl (C=O) groups is 1. The van der Waals surface area contributed by atoms with Crippen LogP contribution in [0.15, 0.2) is 21.6 Å². The van der Waals surface area contributed by atoms with Crippen molar-refractivity contribution in [1.29, 1.82) is 10.5 Å². The number of esters is 1. The van der Waals surface area contributed by atoms with Gasteiger partial charge in [-0.2, -0.15) is 10.5 Å². The Balaban J connectivity index is 2.18. The summed E-state index contributed by atoms with van der Waals surface area (Å²) in [5, 5.41) is 23.8. The molecule has 0 saturated heterocycles. The minimum Gasteiger partial charge on any atom is -0.493 e. The van der Waals surface area contributed by atoms with E-state index in [0.29, 0.717) is 21.3 Å². The average molecular weight is 515 g/mol. The summed E-state index contributed by atoms with van der Waals surface area (Å²) in [6, 6.07) is 4.50. The summed E-state index contributed by atoms with van der Waals surface area (Å²) in [5.74, 6) is 0.309. The van der Waals surface area contributed by atoms with Crippen molar-refractivity contribution in [2.24, 2.45) is 4.99 Å². The lowest BCUT2D eigenvalue weighted by Crippen LogP contribution is -2.32. The minimum atomic E-state index is -0.892. The number of nitrogen functional groups attached to an aromatic ring is 2. The predicted molar refractivity (Wildman–Crippen MR) is 122 cm³/mol. The Kier molecular flexibility index (Phi) is 6.75. The van der Waals surface area contributed by atoms with Crippen molar-refractivity contribution in [1.82, 2.24) is 10.3 Å². The van der Waals surface area contributed by atoms with Crippen LogP contribution in [0.3, 0.4) is 0 Å². The summed E-state index contributed by atoms with van der Waals surface area (Å²) < 4.78 is 16.3. The predicted octanol–water partition coefficient (Wildman–Crippen LogP) is 1.77. The number of ether oxygens (including phenoxy) is 3. The highest BCUT2D eigenvalue weighted by Gasteiger charge is 2.31. The van der Waals surface area contributed by atoms with Gasteiger partial charge in [0.1, 0.15) is 29.3 Å². The molecule has 2 unspecified atom stereocenters. The molecule has 12 nitrogen and oxygen atoms in total. The number of fused-ring (bicyclic) bond motifs is 1. The Labute approximate surface area is 197 Å². The largest absolute Gasteiger partial charge is 0.493 e. The second-order valence-corrected chi connectivity index (χ2v) is 7.57. The van der Waals surface area contributed by atoms with E-state index in [-0.39, 0.29) is 34.6 Å². The van der Waals surface area contributed by atoms with Gasteiger partial charge in [-0.15, -0.1) is 0 Å². The third-order valence-electron chi connectivity index (χ3n) is 4.75. The summed E-state index contributed by atoms with van der Waals surface area (Å²) in [6.07, 6.45) is 0.897. The van der Waals surface area contributed by atoms with Crippen molar-refractivity contribution in [3.63, 3.8) is 0 Å². The number of benzene rings is 1. The van der Waals surface area contributed by atoms with E-state index >= 15 is 0 Å². The van der Waals surface area contributed by atoms with Crippen LogP contribution in [0.2, 0.25) is 0 Å².